The summed E-state index contributed by atoms with van der Waals surface area (Å²) < 4.78 is 33.7. The van der Waals surface area contributed by atoms with E-state index in [9.17, 15) is 8.42 Å². The molecule has 2 aromatic carbocycles. The molecule has 156 valence electrons. The predicted octanol–water partition coefficient (Wildman–Crippen LogP) is 4.66. The predicted molar refractivity (Wildman–Crippen MR) is 114 cm³/mol. The van der Waals surface area contributed by atoms with Crippen LogP contribution in [0.2, 0.25) is 5.02 Å². The van der Waals surface area contributed by atoms with E-state index in [4.69, 9.17) is 16.0 Å². The average molecular weight is 444 g/mol. The minimum Gasteiger partial charge on any atom is -0.420 e. The first-order valence-electron chi connectivity index (χ1n) is 10.0. The van der Waals surface area contributed by atoms with Crippen LogP contribution in [0, 0.1) is 12.3 Å². The largest absolute Gasteiger partial charge is 0.420 e. The molecule has 5 rings (SSSR count). The van der Waals surface area contributed by atoms with Crippen LogP contribution < -0.4 is 0 Å². The number of hydrogen-bond acceptors (Lipinski definition) is 5. The number of rotatable bonds is 4. The lowest BCUT2D eigenvalue weighted by atomic mass is 9.92. The number of benzene rings is 2. The van der Waals surface area contributed by atoms with Crippen molar-refractivity contribution in [3.8, 4) is 11.5 Å². The molecule has 0 N–H and O–H groups in total. The molecule has 1 atom stereocenters. The number of piperidine rings is 1. The molecule has 1 unspecified atom stereocenters. The Kier molecular flexibility index (Phi) is 4.72. The van der Waals surface area contributed by atoms with Gasteiger partial charge in [-0.2, -0.15) is 4.31 Å². The Morgan fingerprint density at radius 1 is 1.10 bits per heavy atom. The summed E-state index contributed by atoms with van der Waals surface area (Å²) in [5.41, 5.74) is 1.65. The highest BCUT2D eigenvalue weighted by atomic mass is 35.5. The Morgan fingerprint density at radius 2 is 1.83 bits per heavy atom. The van der Waals surface area contributed by atoms with Crippen molar-refractivity contribution in [2.24, 2.45) is 5.41 Å². The van der Waals surface area contributed by atoms with Gasteiger partial charge in [0.05, 0.1) is 4.90 Å². The van der Waals surface area contributed by atoms with Crippen molar-refractivity contribution in [3.63, 3.8) is 0 Å². The maximum Gasteiger partial charge on any atom is 0.247 e. The molecule has 2 aliphatic rings. The zero-order valence-electron chi connectivity index (χ0n) is 16.6. The summed E-state index contributed by atoms with van der Waals surface area (Å²) in [7, 11) is -3.52. The fourth-order valence-corrected chi connectivity index (χ4v) is 6.41. The Morgan fingerprint density at radius 3 is 2.53 bits per heavy atom. The highest BCUT2D eigenvalue weighted by Crippen LogP contribution is 2.64. The molecule has 1 aliphatic heterocycles. The molecule has 0 amide bonds. The third-order valence-electron chi connectivity index (χ3n) is 6.42. The van der Waals surface area contributed by atoms with Crippen LogP contribution in [-0.4, -0.2) is 36.0 Å². The van der Waals surface area contributed by atoms with Gasteiger partial charge in [0, 0.05) is 29.6 Å². The molecule has 2 heterocycles. The number of halogens is 1. The van der Waals surface area contributed by atoms with Gasteiger partial charge >= 0.3 is 0 Å². The van der Waals surface area contributed by atoms with Crippen molar-refractivity contribution < 1.29 is 12.8 Å². The van der Waals surface area contributed by atoms with Crippen molar-refractivity contribution in [2.45, 2.75) is 37.0 Å². The fraction of sp³-hybridized carbons (Fsp3) is 0.364. The number of nitrogens with zero attached hydrogens (tertiary/aromatic N) is 3. The second-order valence-electron chi connectivity index (χ2n) is 8.24. The van der Waals surface area contributed by atoms with Crippen LogP contribution in [0.15, 0.2) is 57.8 Å². The molecule has 3 aromatic rings. The molecule has 1 aromatic heterocycles. The van der Waals surface area contributed by atoms with Gasteiger partial charge in [0.1, 0.15) is 0 Å². The summed E-state index contributed by atoms with van der Waals surface area (Å²) in [5, 5.41) is 9.02. The van der Waals surface area contributed by atoms with Crippen molar-refractivity contribution >= 4 is 21.6 Å². The molecule has 0 radical (unpaired) electrons. The van der Waals surface area contributed by atoms with Crippen LogP contribution in [0.1, 0.15) is 36.6 Å². The second-order valence-corrected chi connectivity index (χ2v) is 10.6. The van der Waals surface area contributed by atoms with E-state index in [1.807, 2.05) is 30.3 Å². The molecule has 1 saturated carbocycles. The quantitative estimate of drug-likeness (QED) is 0.586. The number of hydrogen-bond donors (Lipinski definition) is 0. The molecule has 8 heteroatoms. The Labute approximate surface area is 180 Å². The molecular formula is C22H22ClN3O3S. The van der Waals surface area contributed by atoms with Gasteiger partial charge in [0.15, 0.2) is 0 Å². The van der Waals surface area contributed by atoms with Gasteiger partial charge in [-0.25, -0.2) is 8.42 Å². The third-order valence-corrected chi connectivity index (χ3v) is 8.72. The lowest BCUT2D eigenvalue weighted by Crippen LogP contribution is -2.39. The van der Waals surface area contributed by atoms with Crippen LogP contribution >= 0.6 is 11.6 Å². The zero-order valence-corrected chi connectivity index (χ0v) is 18.2. The average Bonchev–Trinajstić information content (AvgIpc) is 3.20. The van der Waals surface area contributed by atoms with E-state index in [2.05, 4.69) is 10.2 Å². The summed E-state index contributed by atoms with van der Waals surface area (Å²) in [4.78, 5) is 0.333. The van der Waals surface area contributed by atoms with Gasteiger partial charge < -0.3 is 4.42 Å². The molecule has 1 spiro atoms. The van der Waals surface area contributed by atoms with E-state index in [0.717, 1.165) is 24.8 Å². The van der Waals surface area contributed by atoms with E-state index in [1.165, 1.54) is 0 Å². The van der Waals surface area contributed by atoms with Crippen LogP contribution in [-0.2, 0) is 10.0 Å². The normalized spacial score (nSPS) is 21.1. The van der Waals surface area contributed by atoms with Gasteiger partial charge in [-0.05, 0) is 67.5 Å². The number of aryl methyl sites for hydroxylation is 1. The standard InChI is InChI=1S/C22H22ClN3O3S/c1-15-13-17(23)7-8-19(15)30(27,28)26-11-9-22(10-12-26)14-18(22)21-25-24-20(29-21)16-5-3-2-4-6-16/h2-8,13,18H,9-12,14H2,1H3. The number of aromatic nitrogens is 2. The van der Waals surface area contributed by atoms with Crippen LogP contribution in [0.5, 0.6) is 0 Å². The van der Waals surface area contributed by atoms with Crippen molar-refractivity contribution in [3.05, 3.63) is 65.0 Å². The van der Waals surface area contributed by atoms with Gasteiger partial charge in [-0.15, -0.1) is 10.2 Å². The Bertz CT molecular complexity index is 1190. The molecule has 2 fully saturated rings. The smallest absolute Gasteiger partial charge is 0.247 e. The van der Waals surface area contributed by atoms with Gasteiger partial charge in [-0.1, -0.05) is 29.8 Å². The monoisotopic (exact) mass is 443 g/mol. The van der Waals surface area contributed by atoms with E-state index in [0.29, 0.717) is 40.4 Å². The van der Waals surface area contributed by atoms with Crippen molar-refractivity contribution in [1.29, 1.82) is 0 Å². The molecular weight excluding hydrogens is 422 g/mol. The maximum absolute atomic E-state index is 13.1. The van der Waals surface area contributed by atoms with Gasteiger partial charge in [0.2, 0.25) is 21.8 Å². The topological polar surface area (TPSA) is 76.3 Å². The third kappa shape index (κ3) is 3.35. The lowest BCUT2D eigenvalue weighted by Gasteiger charge is -2.32. The summed E-state index contributed by atoms with van der Waals surface area (Å²) in [5.74, 6) is 1.41. The highest BCUT2D eigenvalue weighted by Gasteiger charge is 2.59. The fourth-order valence-electron chi connectivity index (χ4n) is 4.54. The molecule has 0 bridgehead atoms. The first-order chi connectivity index (χ1) is 14.4. The van der Waals surface area contributed by atoms with Crippen LogP contribution in [0.3, 0.4) is 0 Å². The van der Waals surface area contributed by atoms with E-state index < -0.39 is 10.0 Å². The first kappa shape index (κ1) is 19.7. The van der Waals surface area contributed by atoms with Gasteiger partial charge in [-0.3, -0.25) is 0 Å². The summed E-state index contributed by atoms with van der Waals surface area (Å²) in [6.07, 6.45) is 2.57. The van der Waals surface area contributed by atoms with Crippen molar-refractivity contribution in [1.82, 2.24) is 14.5 Å². The van der Waals surface area contributed by atoms with Crippen LogP contribution in [0.25, 0.3) is 11.5 Å². The molecule has 1 aliphatic carbocycles. The lowest BCUT2D eigenvalue weighted by molar-refractivity contribution is 0.246. The molecule has 6 nitrogen and oxygen atoms in total. The van der Waals surface area contributed by atoms with E-state index in [-0.39, 0.29) is 11.3 Å². The highest BCUT2D eigenvalue weighted by molar-refractivity contribution is 7.89. The minimum atomic E-state index is -3.52. The zero-order chi connectivity index (χ0) is 20.9. The molecule has 1 saturated heterocycles. The summed E-state index contributed by atoms with van der Waals surface area (Å²) in [6.45, 7) is 2.78. The minimum absolute atomic E-state index is 0.0710. The maximum atomic E-state index is 13.1. The summed E-state index contributed by atoms with van der Waals surface area (Å²) >= 11 is 5.99. The van der Waals surface area contributed by atoms with Crippen molar-refractivity contribution in [2.75, 3.05) is 13.1 Å². The number of sulfonamides is 1. The second kappa shape index (κ2) is 7.18. The Balaban J connectivity index is 1.28. The van der Waals surface area contributed by atoms with E-state index >= 15 is 0 Å². The SMILES string of the molecule is Cc1cc(Cl)ccc1S(=O)(=O)N1CCC2(CC1)CC2c1nnc(-c2ccccc2)o1. The first-order valence-corrected chi connectivity index (χ1v) is 11.9. The van der Waals surface area contributed by atoms with E-state index in [1.54, 1.807) is 29.4 Å². The molecule has 30 heavy (non-hydrogen) atoms. The van der Waals surface area contributed by atoms with Crippen LogP contribution in [0.4, 0.5) is 0 Å². The Hall–Kier alpha value is -2.22. The van der Waals surface area contributed by atoms with Gasteiger partial charge in [0.25, 0.3) is 0 Å². The summed E-state index contributed by atoms with van der Waals surface area (Å²) in [6, 6.07) is 14.6.